The normalized spacial score (nSPS) is 11.5. The average molecular weight is 282 g/mol. The third-order valence-corrected chi connectivity index (χ3v) is 2.63. The lowest BCUT2D eigenvalue weighted by molar-refractivity contribution is -0.139. The summed E-state index contributed by atoms with van der Waals surface area (Å²) < 4.78 is 5.01. The first kappa shape index (κ1) is 15.8. The highest BCUT2D eigenvalue weighted by atomic mass is 16.5. The molecular formula is C13H18N2O5. The standard InChI is InChI=1S/C13H18N2O5/c1-20-10-4-2-9(3-5-10)8-14-13(19)15-11(6-7-16)12(17)18/h2-5,11,16H,6-8H2,1H3,(H,17,18)(H2,14,15,19). The third kappa shape index (κ3) is 5.15. The van der Waals surface area contributed by atoms with E-state index < -0.39 is 18.0 Å². The van der Waals surface area contributed by atoms with Crippen LogP contribution in [0.15, 0.2) is 24.3 Å². The number of aliphatic carboxylic acids is 1. The first-order chi connectivity index (χ1) is 9.56. The van der Waals surface area contributed by atoms with Gasteiger partial charge in [-0.25, -0.2) is 9.59 Å². The van der Waals surface area contributed by atoms with E-state index in [1.54, 1.807) is 31.4 Å². The van der Waals surface area contributed by atoms with Crippen LogP contribution in [-0.4, -0.2) is 42.0 Å². The number of aliphatic hydroxyl groups excluding tert-OH is 1. The van der Waals surface area contributed by atoms with Crippen molar-refractivity contribution < 1.29 is 24.5 Å². The molecule has 0 bridgehead atoms. The summed E-state index contributed by atoms with van der Waals surface area (Å²) in [7, 11) is 1.56. The number of urea groups is 1. The molecule has 0 aromatic heterocycles. The van der Waals surface area contributed by atoms with Crippen LogP contribution >= 0.6 is 0 Å². The molecule has 20 heavy (non-hydrogen) atoms. The van der Waals surface area contributed by atoms with Crippen LogP contribution in [0.4, 0.5) is 4.79 Å². The van der Waals surface area contributed by atoms with E-state index in [1.807, 2.05) is 0 Å². The van der Waals surface area contributed by atoms with Crippen LogP contribution in [0.25, 0.3) is 0 Å². The Hall–Kier alpha value is -2.28. The molecule has 1 aromatic carbocycles. The van der Waals surface area contributed by atoms with Crippen molar-refractivity contribution in [2.45, 2.75) is 19.0 Å². The molecule has 0 fully saturated rings. The highest BCUT2D eigenvalue weighted by Gasteiger charge is 2.18. The summed E-state index contributed by atoms with van der Waals surface area (Å²) >= 11 is 0. The number of carbonyl (C=O) groups is 2. The predicted molar refractivity (Wildman–Crippen MR) is 71.5 cm³/mol. The average Bonchev–Trinajstić information content (AvgIpc) is 2.45. The molecule has 1 aromatic rings. The van der Waals surface area contributed by atoms with Crippen LogP contribution in [0, 0.1) is 0 Å². The van der Waals surface area contributed by atoms with Gasteiger partial charge in [0.25, 0.3) is 0 Å². The number of carboxylic acids is 1. The summed E-state index contributed by atoms with van der Waals surface area (Å²) in [6.45, 7) is -0.0446. The Morgan fingerprint density at radius 3 is 2.45 bits per heavy atom. The zero-order valence-electron chi connectivity index (χ0n) is 11.1. The van der Waals surface area contributed by atoms with Crippen molar-refractivity contribution in [3.8, 4) is 5.75 Å². The number of hydrogen-bond donors (Lipinski definition) is 4. The van der Waals surface area contributed by atoms with Gasteiger partial charge in [0.05, 0.1) is 7.11 Å². The molecule has 2 amide bonds. The lowest BCUT2D eigenvalue weighted by atomic mass is 10.2. The molecule has 1 rings (SSSR count). The fourth-order valence-corrected chi connectivity index (χ4v) is 1.52. The Bertz CT molecular complexity index is 447. The van der Waals surface area contributed by atoms with Crippen LogP contribution < -0.4 is 15.4 Å². The number of amides is 2. The molecule has 7 nitrogen and oxygen atoms in total. The number of aliphatic hydroxyl groups is 1. The fourth-order valence-electron chi connectivity index (χ4n) is 1.52. The third-order valence-electron chi connectivity index (χ3n) is 2.63. The van der Waals surface area contributed by atoms with Crippen LogP contribution in [-0.2, 0) is 11.3 Å². The molecule has 0 aliphatic heterocycles. The van der Waals surface area contributed by atoms with E-state index in [1.165, 1.54) is 0 Å². The van der Waals surface area contributed by atoms with Crippen LogP contribution in [0.5, 0.6) is 5.75 Å². The van der Waals surface area contributed by atoms with Gasteiger partial charge in [-0.05, 0) is 17.7 Å². The molecule has 0 aliphatic carbocycles. The molecule has 7 heteroatoms. The number of hydrogen-bond acceptors (Lipinski definition) is 4. The number of nitrogens with one attached hydrogen (secondary N) is 2. The number of methoxy groups -OCH3 is 1. The summed E-state index contributed by atoms with van der Waals surface area (Å²) in [6.07, 6.45) is -0.0364. The van der Waals surface area contributed by atoms with E-state index in [2.05, 4.69) is 10.6 Å². The van der Waals surface area contributed by atoms with Crippen molar-refractivity contribution in [1.29, 1.82) is 0 Å². The van der Waals surface area contributed by atoms with Gasteiger partial charge in [0, 0.05) is 19.6 Å². The van der Waals surface area contributed by atoms with Crippen LogP contribution in [0.3, 0.4) is 0 Å². The minimum Gasteiger partial charge on any atom is -0.497 e. The van der Waals surface area contributed by atoms with Gasteiger partial charge in [-0.3, -0.25) is 0 Å². The minimum atomic E-state index is -1.18. The first-order valence-electron chi connectivity index (χ1n) is 6.07. The zero-order chi connectivity index (χ0) is 15.0. The van der Waals surface area contributed by atoms with Crippen LogP contribution in [0.2, 0.25) is 0 Å². The Labute approximate surface area is 116 Å². The lowest BCUT2D eigenvalue weighted by Gasteiger charge is -2.14. The fraction of sp³-hybridized carbons (Fsp3) is 0.385. The minimum absolute atomic E-state index is 0.0364. The van der Waals surface area contributed by atoms with E-state index in [0.717, 1.165) is 5.56 Å². The van der Waals surface area contributed by atoms with Gasteiger partial charge < -0.3 is 25.6 Å². The maximum atomic E-state index is 11.5. The highest BCUT2D eigenvalue weighted by molar-refractivity contribution is 5.82. The predicted octanol–water partition coefficient (Wildman–Crippen LogP) is 0.330. The summed E-state index contributed by atoms with van der Waals surface area (Å²) in [4.78, 5) is 22.3. The van der Waals surface area contributed by atoms with Gasteiger partial charge in [-0.1, -0.05) is 12.1 Å². The molecule has 1 atom stereocenters. The van der Waals surface area contributed by atoms with Crippen molar-refractivity contribution in [3.63, 3.8) is 0 Å². The van der Waals surface area contributed by atoms with E-state index in [9.17, 15) is 9.59 Å². The molecule has 0 radical (unpaired) electrons. The Kier molecular flexibility index (Phi) is 6.31. The van der Waals surface area contributed by atoms with Crippen molar-refractivity contribution >= 4 is 12.0 Å². The molecule has 0 saturated carbocycles. The summed E-state index contributed by atoms with van der Waals surface area (Å²) in [5.41, 5.74) is 0.856. The van der Waals surface area contributed by atoms with Gasteiger partial charge in [0.1, 0.15) is 11.8 Å². The Balaban J connectivity index is 2.43. The first-order valence-corrected chi connectivity index (χ1v) is 6.07. The SMILES string of the molecule is COc1ccc(CNC(=O)NC(CCO)C(=O)O)cc1. The lowest BCUT2D eigenvalue weighted by Crippen LogP contribution is -2.46. The number of benzene rings is 1. The van der Waals surface area contributed by atoms with Gasteiger partial charge in [0.15, 0.2) is 0 Å². The summed E-state index contributed by atoms with van der Waals surface area (Å²) in [6, 6.07) is 5.42. The number of carbonyl (C=O) groups excluding carboxylic acids is 1. The second-order valence-corrected chi connectivity index (χ2v) is 4.08. The number of carboxylic acid groups (broad SMARTS) is 1. The van der Waals surface area contributed by atoms with Gasteiger partial charge in [-0.2, -0.15) is 0 Å². The molecule has 0 saturated heterocycles. The zero-order valence-corrected chi connectivity index (χ0v) is 11.1. The Morgan fingerprint density at radius 2 is 1.95 bits per heavy atom. The van der Waals surface area contributed by atoms with E-state index in [0.29, 0.717) is 5.75 Å². The highest BCUT2D eigenvalue weighted by Crippen LogP contribution is 2.10. The van der Waals surface area contributed by atoms with Crippen molar-refractivity contribution in [2.24, 2.45) is 0 Å². The monoisotopic (exact) mass is 282 g/mol. The summed E-state index contributed by atoms with van der Waals surface area (Å²) in [5, 5.41) is 22.4. The van der Waals surface area contributed by atoms with Crippen LogP contribution in [0.1, 0.15) is 12.0 Å². The van der Waals surface area contributed by atoms with Gasteiger partial charge in [0.2, 0.25) is 0 Å². The quantitative estimate of drug-likeness (QED) is 0.576. The van der Waals surface area contributed by atoms with Gasteiger partial charge >= 0.3 is 12.0 Å². The molecule has 0 spiro atoms. The second-order valence-electron chi connectivity index (χ2n) is 4.08. The molecule has 0 aliphatic rings. The Morgan fingerprint density at radius 1 is 1.30 bits per heavy atom. The van der Waals surface area contributed by atoms with Gasteiger partial charge in [-0.15, -0.1) is 0 Å². The number of ether oxygens (including phenoxy) is 1. The molecule has 0 heterocycles. The van der Waals surface area contributed by atoms with E-state index in [4.69, 9.17) is 14.9 Å². The molecule has 1 unspecified atom stereocenters. The second kappa shape index (κ2) is 8.00. The molecular weight excluding hydrogens is 264 g/mol. The van der Waals surface area contributed by atoms with Crippen molar-refractivity contribution in [2.75, 3.05) is 13.7 Å². The maximum Gasteiger partial charge on any atom is 0.326 e. The largest absolute Gasteiger partial charge is 0.497 e. The van der Waals surface area contributed by atoms with Crippen molar-refractivity contribution in [3.05, 3.63) is 29.8 Å². The van der Waals surface area contributed by atoms with E-state index in [-0.39, 0.29) is 19.6 Å². The van der Waals surface area contributed by atoms with Crippen molar-refractivity contribution in [1.82, 2.24) is 10.6 Å². The maximum absolute atomic E-state index is 11.5. The smallest absolute Gasteiger partial charge is 0.326 e. The topological polar surface area (TPSA) is 108 Å². The molecule has 4 N–H and O–H groups in total. The van der Waals surface area contributed by atoms with E-state index >= 15 is 0 Å². The summed E-state index contributed by atoms with van der Waals surface area (Å²) in [5.74, 6) is -0.467. The number of rotatable bonds is 7. The molecule has 110 valence electrons.